The van der Waals surface area contributed by atoms with Crippen molar-refractivity contribution >= 4 is 34.6 Å². The van der Waals surface area contributed by atoms with E-state index in [0.717, 1.165) is 16.9 Å². The summed E-state index contributed by atoms with van der Waals surface area (Å²) in [6, 6.07) is 31.6. The highest BCUT2D eigenvalue weighted by Crippen LogP contribution is 2.43. The minimum absolute atomic E-state index is 0.103. The van der Waals surface area contributed by atoms with Crippen LogP contribution in [0.2, 0.25) is 0 Å². The van der Waals surface area contributed by atoms with Gasteiger partial charge in [0.25, 0.3) is 5.91 Å². The number of aromatic nitrogens is 1. The van der Waals surface area contributed by atoms with Gasteiger partial charge in [0.15, 0.2) is 11.7 Å². The summed E-state index contributed by atoms with van der Waals surface area (Å²) in [6.07, 6.45) is 1.74. The second kappa shape index (κ2) is 11.6. The van der Waals surface area contributed by atoms with E-state index in [2.05, 4.69) is 15.6 Å². The molecule has 1 aliphatic heterocycles. The summed E-state index contributed by atoms with van der Waals surface area (Å²) in [5.41, 5.74) is 3.01. The minimum Gasteiger partial charge on any atom is -0.484 e. The first-order valence-electron chi connectivity index (χ1n) is 13.0. The van der Waals surface area contributed by atoms with Crippen LogP contribution in [0.25, 0.3) is 11.3 Å². The number of nitrogens with zero attached hydrogens (tertiary/aromatic N) is 2. The molecule has 1 aliphatic rings. The molecule has 6 rings (SSSR count). The lowest BCUT2D eigenvalue weighted by atomic mass is 10.0. The van der Waals surface area contributed by atoms with Crippen LogP contribution in [-0.2, 0) is 4.79 Å². The van der Waals surface area contributed by atoms with E-state index in [1.165, 1.54) is 12.1 Å². The first-order valence-corrected chi connectivity index (χ1v) is 13.4. The van der Waals surface area contributed by atoms with E-state index in [0.29, 0.717) is 28.1 Å². The Labute approximate surface area is 241 Å². The minimum atomic E-state index is -0.355. The lowest BCUT2D eigenvalue weighted by Gasteiger charge is -2.26. The highest BCUT2D eigenvalue weighted by Gasteiger charge is 2.42. The summed E-state index contributed by atoms with van der Waals surface area (Å²) in [5, 5.41) is 6.77. The summed E-state index contributed by atoms with van der Waals surface area (Å²) in [5.74, 6) is 1.34. The predicted octanol–water partition coefficient (Wildman–Crippen LogP) is 6.68. The third-order valence-electron chi connectivity index (χ3n) is 6.69. The molecule has 3 aromatic carbocycles. The topological polar surface area (TPSA) is 79.6 Å². The molecule has 5 aromatic rings. The molecule has 2 aromatic heterocycles. The predicted molar refractivity (Wildman–Crippen MR) is 159 cm³/mol. The van der Waals surface area contributed by atoms with E-state index < -0.39 is 0 Å². The number of halogens is 1. The number of pyridine rings is 1. The average molecular weight is 565 g/mol. The van der Waals surface area contributed by atoms with E-state index in [-0.39, 0.29) is 30.4 Å². The van der Waals surface area contributed by atoms with Gasteiger partial charge < -0.3 is 24.7 Å². The van der Waals surface area contributed by atoms with Gasteiger partial charge in [-0.25, -0.2) is 4.39 Å². The number of benzene rings is 3. The van der Waals surface area contributed by atoms with Gasteiger partial charge in [-0.3, -0.25) is 9.78 Å². The lowest BCUT2D eigenvalue weighted by molar-refractivity contribution is -0.118. The Morgan fingerprint density at radius 1 is 0.951 bits per heavy atom. The third kappa shape index (κ3) is 5.80. The summed E-state index contributed by atoms with van der Waals surface area (Å²) in [7, 11) is 0. The molecular formula is C32H25FN4O3S. The van der Waals surface area contributed by atoms with E-state index >= 15 is 0 Å². The van der Waals surface area contributed by atoms with Crippen LogP contribution in [0.4, 0.5) is 15.8 Å². The molecule has 0 aliphatic carbocycles. The Morgan fingerprint density at radius 2 is 1.71 bits per heavy atom. The van der Waals surface area contributed by atoms with Gasteiger partial charge in [0.05, 0.1) is 11.7 Å². The Morgan fingerprint density at radius 3 is 2.44 bits per heavy atom. The van der Waals surface area contributed by atoms with Gasteiger partial charge >= 0.3 is 0 Å². The molecule has 0 bridgehead atoms. The van der Waals surface area contributed by atoms with Crippen molar-refractivity contribution in [2.45, 2.75) is 12.1 Å². The van der Waals surface area contributed by atoms with E-state index in [9.17, 15) is 9.18 Å². The van der Waals surface area contributed by atoms with E-state index in [1.807, 2.05) is 77.7 Å². The number of rotatable bonds is 8. The highest BCUT2D eigenvalue weighted by atomic mass is 32.1. The van der Waals surface area contributed by atoms with Gasteiger partial charge in [-0.2, -0.15) is 0 Å². The van der Waals surface area contributed by atoms with Crippen LogP contribution in [-0.4, -0.2) is 22.6 Å². The number of nitrogens with one attached hydrogen (secondary N) is 2. The number of thiocarbonyl (C=S) groups is 1. The number of ether oxygens (including phenoxy) is 1. The van der Waals surface area contributed by atoms with Crippen LogP contribution in [0.3, 0.4) is 0 Å². The average Bonchev–Trinajstić information content (AvgIpc) is 3.63. The van der Waals surface area contributed by atoms with Gasteiger partial charge in [0, 0.05) is 23.1 Å². The number of anilines is 2. The monoisotopic (exact) mass is 564 g/mol. The fourth-order valence-corrected chi connectivity index (χ4v) is 5.12. The van der Waals surface area contributed by atoms with Gasteiger partial charge in [0.2, 0.25) is 0 Å². The molecule has 0 saturated carbocycles. The zero-order chi connectivity index (χ0) is 28.2. The molecule has 7 nitrogen and oxygen atoms in total. The molecule has 2 atom stereocenters. The SMILES string of the molecule is O=C(COc1ccccc1)Nc1ccc(N2C(=S)N[C@@H](c3ccccn3)[C@@H]2c2ccc(-c3ccc(F)cc3)o2)cc1. The van der Waals surface area contributed by atoms with Gasteiger partial charge in [0.1, 0.15) is 29.1 Å². The van der Waals surface area contributed by atoms with Crippen LogP contribution in [0.5, 0.6) is 5.75 Å². The molecule has 0 radical (unpaired) electrons. The highest BCUT2D eigenvalue weighted by molar-refractivity contribution is 7.80. The van der Waals surface area contributed by atoms with E-state index in [1.54, 1.807) is 30.5 Å². The maximum atomic E-state index is 13.5. The number of amides is 1. The normalized spacial score (nSPS) is 16.3. The standard InChI is InChI=1S/C32H25FN4O3S/c33-22-11-9-21(10-12-22)27-17-18-28(40-27)31-30(26-8-4-5-19-34-26)36-32(41)37(31)24-15-13-23(14-16-24)35-29(38)20-39-25-6-2-1-3-7-25/h1-19,30-31H,20H2,(H,35,38)(H,36,41)/t30-,31-/m0/s1. The van der Waals surface area contributed by atoms with Crippen LogP contribution in [0.15, 0.2) is 120 Å². The first kappa shape index (κ1) is 26.2. The van der Waals surface area contributed by atoms with Crippen molar-refractivity contribution in [3.8, 4) is 17.1 Å². The van der Waals surface area contributed by atoms with Crippen molar-refractivity contribution < 1.29 is 18.3 Å². The Kier molecular flexibility index (Phi) is 7.42. The largest absolute Gasteiger partial charge is 0.484 e. The molecule has 0 spiro atoms. The smallest absolute Gasteiger partial charge is 0.262 e. The molecule has 0 unspecified atom stereocenters. The molecular weight excluding hydrogens is 539 g/mol. The zero-order valence-electron chi connectivity index (χ0n) is 21.7. The second-order valence-electron chi connectivity index (χ2n) is 9.40. The molecule has 9 heteroatoms. The van der Waals surface area contributed by atoms with Crippen LogP contribution in [0, 0.1) is 5.82 Å². The van der Waals surface area contributed by atoms with Crippen molar-refractivity contribution in [2.75, 3.05) is 16.8 Å². The number of hydrogen-bond acceptors (Lipinski definition) is 5. The Bertz CT molecular complexity index is 1640. The number of para-hydroxylation sites is 1. The first-order chi connectivity index (χ1) is 20.0. The van der Waals surface area contributed by atoms with E-state index in [4.69, 9.17) is 21.4 Å². The van der Waals surface area contributed by atoms with Crippen LogP contribution in [0.1, 0.15) is 23.5 Å². The van der Waals surface area contributed by atoms with Crippen molar-refractivity contribution in [1.29, 1.82) is 0 Å². The molecule has 1 fully saturated rings. The summed E-state index contributed by atoms with van der Waals surface area (Å²) < 4.78 is 25.3. The quantitative estimate of drug-likeness (QED) is 0.204. The van der Waals surface area contributed by atoms with Crippen molar-refractivity contribution in [2.24, 2.45) is 0 Å². The number of hydrogen-bond donors (Lipinski definition) is 2. The van der Waals surface area contributed by atoms with Crippen molar-refractivity contribution in [1.82, 2.24) is 10.3 Å². The molecule has 204 valence electrons. The Balaban J connectivity index is 1.25. The van der Waals surface area contributed by atoms with Crippen LogP contribution < -0.4 is 20.3 Å². The van der Waals surface area contributed by atoms with Gasteiger partial charge in [-0.05, 0) is 97.1 Å². The molecule has 41 heavy (non-hydrogen) atoms. The van der Waals surface area contributed by atoms with Crippen molar-refractivity contribution in [3.63, 3.8) is 0 Å². The summed E-state index contributed by atoms with van der Waals surface area (Å²) in [4.78, 5) is 19.0. The Hall–Kier alpha value is -5.02. The van der Waals surface area contributed by atoms with Crippen LogP contribution >= 0.6 is 12.2 Å². The van der Waals surface area contributed by atoms with Crippen molar-refractivity contribution in [3.05, 3.63) is 133 Å². The molecule has 3 heterocycles. The summed E-state index contributed by atoms with van der Waals surface area (Å²) >= 11 is 5.79. The number of furan rings is 1. The van der Waals surface area contributed by atoms with Gasteiger partial charge in [-0.1, -0.05) is 24.3 Å². The summed E-state index contributed by atoms with van der Waals surface area (Å²) in [6.45, 7) is -0.103. The van der Waals surface area contributed by atoms with Gasteiger partial charge in [-0.15, -0.1) is 0 Å². The molecule has 1 saturated heterocycles. The fourth-order valence-electron chi connectivity index (χ4n) is 4.77. The zero-order valence-corrected chi connectivity index (χ0v) is 22.6. The maximum Gasteiger partial charge on any atom is 0.262 e. The molecule has 1 amide bonds. The fraction of sp³-hybridized carbons (Fsp3) is 0.0938. The second-order valence-corrected chi connectivity index (χ2v) is 9.79. The third-order valence-corrected chi connectivity index (χ3v) is 7.00. The lowest BCUT2D eigenvalue weighted by Crippen LogP contribution is -2.29. The molecule has 2 N–H and O–H groups in total. The number of carbonyl (C=O) groups is 1. The number of carbonyl (C=O) groups excluding carboxylic acids is 1. The maximum absolute atomic E-state index is 13.5.